The van der Waals surface area contributed by atoms with E-state index in [4.69, 9.17) is 14.9 Å². The number of aromatic carboxylic acids is 1. The molecule has 0 spiro atoms. The van der Waals surface area contributed by atoms with Crippen molar-refractivity contribution in [1.29, 1.82) is 0 Å². The molecule has 1 rings (SSSR count). The topological polar surface area (TPSA) is 113 Å². The normalized spacial score (nSPS) is 11.6. The Kier molecular flexibility index (Phi) is 5.01. The maximum Gasteiger partial charge on any atom is 0.336 e. The van der Waals surface area contributed by atoms with Gasteiger partial charge in [-0.05, 0) is 19.1 Å². The lowest BCUT2D eigenvalue weighted by molar-refractivity contribution is -0.149. The summed E-state index contributed by atoms with van der Waals surface area (Å²) in [6.07, 6.45) is -1.06. The first-order valence-electron chi connectivity index (χ1n) is 5.38. The molecule has 0 heterocycles. The van der Waals surface area contributed by atoms with Crippen molar-refractivity contribution in [1.82, 2.24) is 5.32 Å². The standard InChI is InChI=1S/C12H13NO6/c1-7(11(15)16)19-6-13-10(14)8-4-2-3-5-9(8)12(17)18/h2-5,7H,6H2,1H3,(H,13,14)(H,15,16)(H,17,18). The van der Waals surface area contributed by atoms with Gasteiger partial charge in [-0.3, -0.25) is 4.79 Å². The summed E-state index contributed by atoms with van der Waals surface area (Å²) in [5, 5.41) is 19.8. The molecule has 0 aliphatic heterocycles. The molecule has 1 atom stereocenters. The second-order valence-electron chi connectivity index (χ2n) is 3.65. The SMILES string of the molecule is CC(OCNC(=O)c1ccccc1C(=O)O)C(=O)O. The first-order valence-corrected chi connectivity index (χ1v) is 5.38. The van der Waals surface area contributed by atoms with Gasteiger partial charge >= 0.3 is 11.9 Å². The van der Waals surface area contributed by atoms with Crippen LogP contribution >= 0.6 is 0 Å². The fraction of sp³-hybridized carbons (Fsp3) is 0.250. The van der Waals surface area contributed by atoms with E-state index in [2.05, 4.69) is 5.32 Å². The van der Waals surface area contributed by atoms with E-state index in [9.17, 15) is 14.4 Å². The molecular formula is C12H13NO6. The quantitative estimate of drug-likeness (QED) is 0.649. The zero-order valence-corrected chi connectivity index (χ0v) is 10.1. The maximum atomic E-state index is 11.7. The van der Waals surface area contributed by atoms with Gasteiger partial charge in [-0.25, -0.2) is 9.59 Å². The van der Waals surface area contributed by atoms with Gasteiger partial charge in [0.25, 0.3) is 5.91 Å². The molecule has 0 saturated carbocycles. The van der Waals surface area contributed by atoms with Gasteiger partial charge in [0.05, 0.1) is 11.1 Å². The number of hydrogen-bond acceptors (Lipinski definition) is 4. The van der Waals surface area contributed by atoms with Gasteiger partial charge in [0, 0.05) is 0 Å². The minimum atomic E-state index is -1.22. The number of carboxylic acids is 2. The summed E-state index contributed by atoms with van der Waals surface area (Å²) < 4.78 is 4.82. The molecule has 0 aliphatic rings. The number of nitrogens with one attached hydrogen (secondary N) is 1. The van der Waals surface area contributed by atoms with Crippen LogP contribution in [-0.4, -0.2) is 40.9 Å². The highest BCUT2D eigenvalue weighted by Crippen LogP contribution is 2.08. The molecule has 3 N–H and O–H groups in total. The average molecular weight is 267 g/mol. The Labute approximate surface area is 108 Å². The van der Waals surface area contributed by atoms with E-state index in [1.54, 1.807) is 0 Å². The van der Waals surface area contributed by atoms with Crippen molar-refractivity contribution in [3.05, 3.63) is 35.4 Å². The number of hydrogen-bond donors (Lipinski definition) is 3. The molecule has 0 saturated heterocycles. The van der Waals surface area contributed by atoms with Gasteiger partial charge in [-0.15, -0.1) is 0 Å². The van der Waals surface area contributed by atoms with Crippen LogP contribution in [0.5, 0.6) is 0 Å². The minimum absolute atomic E-state index is 0.0124. The molecule has 1 amide bonds. The van der Waals surface area contributed by atoms with Crippen molar-refractivity contribution in [3.8, 4) is 0 Å². The number of aliphatic carboxylic acids is 1. The lowest BCUT2D eigenvalue weighted by atomic mass is 10.1. The number of ether oxygens (including phenoxy) is 1. The number of amides is 1. The third-order valence-corrected chi connectivity index (χ3v) is 2.32. The molecule has 1 aromatic rings. The van der Waals surface area contributed by atoms with Gasteiger partial charge in [0.15, 0.2) is 6.10 Å². The predicted octanol–water partition coefficient (Wildman–Crippen LogP) is 0.562. The fourth-order valence-corrected chi connectivity index (χ4v) is 1.27. The number of carbonyl (C=O) groups is 3. The zero-order chi connectivity index (χ0) is 14.4. The predicted molar refractivity (Wildman–Crippen MR) is 63.9 cm³/mol. The van der Waals surface area contributed by atoms with Crippen molar-refractivity contribution >= 4 is 17.8 Å². The van der Waals surface area contributed by atoms with Gasteiger partial charge in [0.1, 0.15) is 6.73 Å². The first-order chi connectivity index (χ1) is 8.93. The molecule has 0 aliphatic carbocycles. The van der Waals surface area contributed by atoms with Crippen LogP contribution in [0.15, 0.2) is 24.3 Å². The maximum absolute atomic E-state index is 11.7. The highest BCUT2D eigenvalue weighted by atomic mass is 16.5. The fourth-order valence-electron chi connectivity index (χ4n) is 1.27. The van der Waals surface area contributed by atoms with Crippen LogP contribution in [0.3, 0.4) is 0 Å². The molecule has 0 radical (unpaired) electrons. The summed E-state index contributed by atoms with van der Waals surface area (Å²) >= 11 is 0. The van der Waals surface area contributed by atoms with Crippen LogP contribution in [0, 0.1) is 0 Å². The Balaban J connectivity index is 2.64. The molecule has 19 heavy (non-hydrogen) atoms. The summed E-state index contributed by atoms with van der Waals surface area (Å²) in [5.41, 5.74) is -0.145. The average Bonchev–Trinajstić information content (AvgIpc) is 2.38. The molecule has 0 fully saturated rings. The van der Waals surface area contributed by atoms with Crippen molar-refractivity contribution in [2.75, 3.05) is 6.73 Å². The highest BCUT2D eigenvalue weighted by Gasteiger charge is 2.16. The molecule has 0 aromatic heterocycles. The van der Waals surface area contributed by atoms with E-state index in [1.165, 1.54) is 31.2 Å². The summed E-state index contributed by atoms with van der Waals surface area (Å²) in [5.74, 6) is -3.01. The second-order valence-corrected chi connectivity index (χ2v) is 3.65. The third-order valence-electron chi connectivity index (χ3n) is 2.32. The Morgan fingerprint density at radius 2 is 1.79 bits per heavy atom. The van der Waals surface area contributed by atoms with E-state index in [1.807, 2.05) is 0 Å². The van der Waals surface area contributed by atoms with Crippen LogP contribution in [0.4, 0.5) is 0 Å². The van der Waals surface area contributed by atoms with E-state index in [0.717, 1.165) is 0 Å². The van der Waals surface area contributed by atoms with E-state index >= 15 is 0 Å². The van der Waals surface area contributed by atoms with Gasteiger partial charge in [-0.1, -0.05) is 12.1 Å². The van der Waals surface area contributed by atoms with E-state index in [0.29, 0.717) is 0 Å². The Bertz CT molecular complexity index is 499. The van der Waals surface area contributed by atoms with Crippen molar-refractivity contribution in [2.45, 2.75) is 13.0 Å². The van der Waals surface area contributed by atoms with Crippen LogP contribution in [0.1, 0.15) is 27.6 Å². The molecule has 7 nitrogen and oxygen atoms in total. The molecule has 1 unspecified atom stereocenters. The smallest absolute Gasteiger partial charge is 0.336 e. The summed E-state index contributed by atoms with van der Waals surface area (Å²) in [4.78, 5) is 33.1. The lowest BCUT2D eigenvalue weighted by Gasteiger charge is -2.10. The molecule has 1 aromatic carbocycles. The lowest BCUT2D eigenvalue weighted by Crippen LogP contribution is -2.31. The first kappa shape index (κ1) is 14.7. The molecule has 102 valence electrons. The number of carboxylic acid groups (broad SMARTS) is 2. The summed E-state index contributed by atoms with van der Waals surface area (Å²) in [7, 11) is 0. The minimum Gasteiger partial charge on any atom is -0.479 e. The largest absolute Gasteiger partial charge is 0.479 e. The van der Waals surface area contributed by atoms with Crippen molar-refractivity contribution in [3.63, 3.8) is 0 Å². The third kappa shape index (κ3) is 4.07. The Hall–Kier alpha value is -2.41. The molecule has 0 bridgehead atoms. The van der Waals surface area contributed by atoms with Gasteiger partial charge in [-0.2, -0.15) is 0 Å². The Morgan fingerprint density at radius 1 is 1.21 bits per heavy atom. The monoisotopic (exact) mass is 267 g/mol. The summed E-state index contributed by atoms with van der Waals surface area (Å²) in [6, 6.07) is 5.70. The highest BCUT2D eigenvalue weighted by molar-refractivity contribution is 6.04. The number of rotatable bonds is 6. The van der Waals surface area contributed by atoms with Crippen LogP contribution in [-0.2, 0) is 9.53 Å². The van der Waals surface area contributed by atoms with E-state index < -0.39 is 23.9 Å². The molecule has 7 heteroatoms. The van der Waals surface area contributed by atoms with E-state index in [-0.39, 0.29) is 17.9 Å². The van der Waals surface area contributed by atoms with Gasteiger partial charge < -0.3 is 20.3 Å². The van der Waals surface area contributed by atoms with Crippen LogP contribution in [0.2, 0.25) is 0 Å². The van der Waals surface area contributed by atoms with Crippen molar-refractivity contribution in [2.24, 2.45) is 0 Å². The molecular weight excluding hydrogens is 254 g/mol. The number of carbonyl (C=O) groups excluding carboxylic acids is 1. The van der Waals surface area contributed by atoms with Crippen molar-refractivity contribution < 1.29 is 29.3 Å². The van der Waals surface area contributed by atoms with Gasteiger partial charge in [0.2, 0.25) is 0 Å². The van der Waals surface area contributed by atoms with Crippen LogP contribution < -0.4 is 5.32 Å². The zero-order valence-electron chi connectivity index (χ0n) is 10.1. The number of benzene rings is 1. The second kappa shape index (κ2) is 6.50. The Morgan fingerprint density at radius 3 is 2.32 bits per heavy atom. The van der Waals surface area contributed by atoms with Crippen LogP contribution in [0.25, 0.3) is 0 Å². The summed E-state index contributed by atoms with van der Waals surface area (Å²) in [6.45, 7) is 1.000.